The normalized spacial score (nSPS) is 12.4. The molecule has 6 nitrogen and oxygen atoms in total. The van der Waals surface area contributed by atoms with Gasteiger partial charge >= 0.3 is 6.03 Å². The molecule has 0 aliphatic heterocycles. The van der Waals surface area contributed by atoms with Gasteiger partial charge in [0.05, 0.1) is 22.9 Å². The van der Waals surface area contributed by atoms with Gasteiger partial charge in [0.25, 0.3) is 0 Å². The molecular weight excluding hydrogens is 312 g/mol. The van der Waals surface area contributed by atoms with Crippen molar-refractivity contribution in [3.63, 3.8) is 0 Å². The van der Waals surface area contributed by atoms with Crippen LogP contribution in [0, 0.1) is 13.8 Å². The van der Waals surface area contributed by atoms with Crippen LogP contribution in [0.5, 0.6) is 0 Å². The molecule has 0 bridgehead atoms. The monoisotopic (exact) mass is 336 g/mol. The van der Waals surface area contributed by atoms with Gasteiger partial charge in [-0.15, -0.1) is 11.3 Å². The Kier molecular flexibility index (Phi) is 5.76. The van der Waals surface area contributed by atoms with E-state index in [0.717, 1.165) is 27.7 Å². The lowest BCUT2D eigenvalue weighted by atomic mass is 10.1. The zero-order valence-electron chi connectivity index (χ0n) is 14.3. The molecule has 0 aromatic carbocycles. The van der Waals surface area contributed by atoms with Crippen LogP contribution in [0.15, 0.2) is 9.90 Å². The van der Waals surface area contributed by atoms with Gasteiger partial charge in [-0.2, -0.15) is 0 Å². The fourth-order valence-electron chi connectivity index (χ4n) is 2.27. The van der Waals surface area contributed by atoms with E-state index in [0.29, 0.717) is 18.9 Å². The zero-order chi connectivity index (χ0) is 17.0. The van der Waals surface area contributed by atoms with Crippen molar-refractivity contribution in [2.75, 3.05) is 0 Å². The number of thiazole rings is 1. The maximum Gasteiger partial charge on any atom is 0.315 e. The van der Waals surface area contributed by atoms with Gasteiger partial charge in [-0.1, -0.05) is 19.0 Å². The first kappa shape index (κ1) is 17.5. The number of hydrogen-bond acceptors (Lipinski definition) is 5. The second-order valence-electron chi connectivity index (χ2n) is 6.07. The molecule has 0 saturated heterocycles. The van der Waals surface area contributed by atoms with Gasteiger partial charge in [0, 0.05) is 22.9 Å². The average molecular weight is 336 g/mol. The Morgan fingerprint density at radius 1 is 1.35 bits per heavy atom. The molecule has 7 heteroatoms. The first-order valence-electron chi connectivity index (χ1n) is 7.77. The summed E-state index contributed by atoms with van der Waals surface area (Å²) in [6.45, 7) is 10.4. The number of carbonyl (C=O) groups excluding carboxylic acids is 1. The summed E-state index contributed by atoms with van der Waals surface area (Å²) in [5.74, 6) is 1.22. The lowest BCUT2D eigenvalue weighted by Gasteiger charge is -2.14. The first-order valence-corrected chi connectivity index (χ1v) is 8.65. The molecule has 1 atom stereocenters. The summed E-state index contributed by atoms with van der Waals surface area (Å²) >= 11 is 1.63. The highest BCUT2D eigenvalue weighted by molar-refractivity contribution is 7.09. The highest BCUT2D eigenvalue weighted by Crippen LogP contribution is 2.19. The molecule has 2 rings (SSSR count). The summed E-state index contributed by atoms with van der Waals surface area (Å²) < 4.78 is 5.14. The average Bonchev–Trinajstić information content (AvgIpc) is 3.07. The highest BCUT2D eigenvalue weighted by Gasteiger charge is 2.15. The molecule has 2 N–H and O–H groups in total. The predicted molar refractivity (Wildman–Crippen MR) is 90.7 cm³/mol. The van der Waals surface area contributed by atoms with Crippen LogP contribution < -0.4 is 10.6 Å². The molecule has 126 valence electrons. The largest absolute Gasteiger partial charge is 0.361 e. The van der Waals surface area contributed by atoms with E-state index < -0.39 is 0 Å². The molecule has 0 fully saturated rings. The molecule has 2 aromatic rings. The van der Waals surface area contributed by atoms with Crippen LogP contribution in [0.2, 0.25) is 0 Å². The SMILES string of the molecule is Cc1noc(C)c1C[C@@H](C)NC(=O)NCc1csc(C(C)C)n1. The van der Waals surface area contributed by atoms with Crippen LogP contribution in [0.1, 0.15) is 54.4 Å². The van der Waals surface area contributed by atoms with Gasteiger partial charge in [-0.25, -0.2) is 9.78 Å². The quantitative estimate of drug-likeness (QED) is 0.848. The number of nitrogens with one attached hydrogen (secondary N) is 2. The Labute approximate surface area is 140 Å². The molecule has 0 saturated carbocycles. The van der Waals surface area contributed by atoms with Crippen LogP contribution in [0.3, 0.4) is 0 Å². The topological polar surface area (TPSA) is 80.0 Å². The summed E-state index contributed by atoms with van der Waals surface area (Å²) in [5.41, 5.74) is 2.83. The lowest BCUT2D eigenvalue weighted by Crippen LogP contribution is -2.41. The smallest absolute Gasteiger partial charge is 0.315 e. The van der Waals surface area contributed by atoms with E-state index in [2.05, 4.69) is 34.6 Å². The van der Waals surface area contributed by atoms with Crippen molar-refractivity contribution in [1.29, 1.82) is 0 Å². The van der Waals surface area contributed by atoms with Gasteiger partial charge < -0.3 is 15.2 Å². The third-order valence-corrected chi connectivity index (χ3v) is 4.76. The molecule has 2 heterocycles. The number of hydrogen-bond donors (Lipinski definition) is 2. The van der Waals surface area contributed by atoms with Gasteiger partial charge in [-0.05, 0) is 27.2 Å². The molecule has 0 radical (unpaired) electrons. The van der Waals surface area contributed by atoms with Crippen LogP contribution in [0.4, 0.5) is 4.79 Å². The molecule has 0 unspecified atom stereocenters. The van der Waals surface area contributed by atoms with E-state index in [9.17, 15) is 4.79 Å². The number of aromatic nitrogens is 2. The predicted octanol–water partition coefficient (Wildman–Crippen LogP) is 3.30. The fourth-order valence-corrected chi connectivity index (χ4v) is 3.10. The maximum atomic E-state index is 12.0. The highest BCUT2D eigenvalue weighted by atomic mass is 32.1. The number of aryl methyl sites for hydroxylation is 2. The van der Waals surface area contributed by atoms with E-state index in [1.807, 2.05) is 26.2 Å². The minimum absolute atomic E-state index is 0.00606. The van der Waals surface area contributed by atoms with Crippen LogP contribution in [-0.4, -0.2) is 22.2 Å². The van der Waals surface area contributed by atoms with E-state index in [1.165, 1.54) is 0 Å². The lowest BCUT2D eigenvalue weighted by molar-refractivity contribution is 0.237. The van der Waals surface area contributed by atoms with Gasteiger partial charge in [0.15, 0.2) is 0 Å². The summed E-state index contributed by atoms with van der Waals surface area (Å²) in [4.78, 5) is 16.5. The number of rotatable bonds is 6. The van der Waals surface area contributed by atoms with E-state index in [4.69, 9.17) is 4.52 Å². The van der Waals surface area contributed by atoms with Crippen molar-refractivity contribution in [1.82, 2.24) is 20.8 Å². The third kappa shape index (κ3) is 4.79. The van der Waals surface area contributed by atoms with Crippen LogP contribution in [0.25, 0.3) is 0 Å². The van der Waals surface area contributed by atoms with Crippen molar-refractivity contribution < 1.29 is 9.32 Å². The van der Waals surface area contributed by atoms with Gasteiger partial charge in [0.1, 0.15) is 5.76 Å². The van der Waals surface area contributed by atoms with Crippen molar-refractivity contribution in [3.05, 3.63) is 33.1 Å². The Hall–Kier alpha value is -1.89. The summed E-state index contributed by atoms with van der Waals surface area (Å²) in [7, 11) is 0. The molecule has 0 spiro atoms. The molecule has 2 amide bonds. The summed E-state index contributed by atoms with van der Waals surface area (Å²) in [6.07, 6.45) is 0.697. The molecular formula is C16H24N4O2S. The van der Waals surface area contributed by atoms with Gasteiger partial charge in [0.2, 0.25) is 0 Å². The molecule has 0 aliphatic carbocycles. The Balaban J connectivity index is 1.79. The third-order valence-electron chi connectivity index (χ3n) is 3.56. The molecule has 2 aromatic heterocycles. The maximum absolute atomic E-state index is 12.0. The zero-order valence-corrected chi connectivity index (χ0v) is 15.1. The number of amides is 2. The van der Waals surface area contributed by atoms with E-state index in [1.54, 1.807) is 11.3 Å². The molecule has 23 heavy (non-hydrogen) atoms. The minimum atomic E-state index is -0.191. The minimum Gasteiger partial charge on any atom is -0.361 e. The molecule has 0 aliphatic rings. The Morgan fingerprint density at radius 3 is 2.65 bits per heavy atom. The van der Waals surface area contributed by atoms with E-state index in [-0.39, 0.29) is 12.1 Å². The van der Waals surface area contributed by atoms with Crippen LogP contribution in [-0.2, 0) is 13.0 Å². The van der Waals surface area contributed by atoms with Gasteiger partial charge in [-0.3, -0.25) is 0 Å². The standard InChI is InChI=1S/C16H24N4O2S/c1-9(2)15-19-13(8-23-15)7-17-16(21)18-10(3)6-14-11(4)20-22-12(14)5/h8-10H,6-7H2,1-5H3,(H2,17,18,21)/t10-/m1/s1. The van der Waals surface area contributed by atoms with Crippen molar-refractivity contribution >= 4 is 17.4 Å². The summed E-state index contributed by atoms with van der Waals surface area (Å²) in [6, 6.07) is -0.197. The summed E-state index contributed by atoms with van der Waals surface area (Å²) in [5, 5.41) is 12.8. The number of urea groups is 1. The van der Waals surface area contributed by atoms with Crippen molar-refractivity contribution in [3.8, 4) is 0 Å². The van der Waals surface area contributed by atoms with E-state index >= 15 is 0 Å². The Morgan fingerprint density at radius 2 is 2.09 bits per heavy atom. The second kappa shape index (κ2) is 7.59. The van der Waals surface area contributed by atoms with Crippen molar-refractivity contribution in [2.24, 2.45) is 0 Å². The number of nitrogens with zero attached hydrogens (tertiary/aromatic N) is 2. The second-order valence-corrected chi connectivity index (χ2v) is 6.96. The Bertz CT molecular complexity index is 643. The van der Waals surface area contributed by atoms with Crippen LogP contribution >= 0.6 is 11.3 Å². The van der Waals surface area contributed by atoms with Crippen molar-refractivity contribution in [2.45, 2.75) is 59.5 Å². The first-order chi connectivity index (χ1) is 10.9. The number of carbonyl (C=O) groups is 1. The fraction of sp³-hybridized carbons (Fsp3) is 0.562.